The van der Waals surface area contributed by atoms with Crippen molar-refractivity contribution >= 4 is 23.7 Å². The number of ether oxygens (including phenoxy) is 6. The van der Waals surface area contributed by atoms with E-state index in [1.807, 2.05) is 91.0 Å². The number of nitrogens with zero attached hydrogens (tertiary/aromatic N) is 1. The molecule has 0 spiro atoms. The molecule has 0 saturated heterocycles. The molecule has 0 aliphatic carbocycles. The molecule has 18 heteroatoms. The van der Waals surface area contributed by atoms with E-state index >= 15 is 0 Å². The van der Waals surface area contributed by atoms with Crippen molar-refractivity contribution in [2.45, 2.75) is 353 Å². The van der Waals surface area contributed by atoms with Crippen molar-refractivity contribution in [1.82, 2.24) is 9.72 Å². The normalized spacial score (nSPS) is 15.6. The molecule has 0 amide bonds. The van der Waals surface area contributed by atoms with E-state index < -0.39 is 47.7 Å². The van der Waals surface area contributed by atoms with E-state index in [4.69, 9.17) is 60.1 Å². The molecule has 0 unspecified atom stereocenters. The monoisotopic (exact) mass is 1630 g/mol. The summed E-state index contributed by atoms with van der Waals surface area (Å²) in [5.41, 5.74) is 2.59. The first kappa shape index (κ1) is 94.9. The van der Waals surface area contributed by atoms with Gasteiger partial charge in [-0.25, -0.2) is 0 Å². The topological polar surface area (TPSA) is 147 Å². The van der Waals surface area contributed by atoms with E-state index in [1.165, 1.54) is 0 Å². The van der Waals surface area contributed by atoms with Crippen LogP contribution in [0, 0.1) is 0 Å². The van der Waals surface area contributed by atoms with E-state index in [9.17, 15) is 0 Å². The summed E-state index contributed by atoms with van der Waals surface area (Å²) in [4.78, 5) is 7.97. The summed E-state index contributed by atoms with van der Waals surface area (Å²) in [6, 6.07) is 36.0. The van der Waals surface area contributed by atoms with Gasteiger partial charge in [-0.2, -0.15) is 0 Å². The zero-order valence-electron chi connectivity index (χ0n) is 75.3. The molecule has 6 aromatic rings. The molecule has 6 aromatic carbocycles. The summed E-state index contributed by atoms with van der Waals surface area (Å²) < 4.78 is 96.6. The van der Waals surface area contributed by atoms with Crippen LogP contribution in [0.2, 0.25) is 0 Å². The average Bonchev–Trinajstić information content (AvgIpc) is 0.683. The van der Waals surface area contributed by atoms with Crippen LogP contribution in [-0.4, -0.2) is 39.6 Å². The van der Waals surface area contributed by atoms with Gasteiger partial charge in [0.05, 0.1) is 0 Å². The fourth-order valence-electron chi connectivity index (χ4n) is 13.9. The van der Waals surface area contributed by atoms with E-state index in [-0.39, 0.29) is 8.52 Å². The summed E-state index contributed by atoms with van der Waals surface area (Å²) >= 11 is 0. The van der Waals surface area contributed by atoms with Crippen LogP contribution in [0.1, 0.15) is 354 Å². The predicted octanol–water partition coefficient (Wildman–Crippen LogP) is 30.5. The van der Waals surface area contributed by atoms with Crippen LogP contribution in [0.25, 0.3) is 0 Å². The Balaban J connectivity index is 1.73. The molecular weight excluding hydrogens is 1480 g/mol. The summed E-state index contributed by atoms with van der Waals surface area (Å²) in [6.07, 6.45) is 25.4. The first-order valence-corrected chi connectivity index (χ1v) is 48.5. The van der Waals surface area contributed by atoms with Crippen molar-refractivity contribution in [1.29, 1.82) is 0 Å². The molecule has 0 saturated carbocycles. The molecule has 0 radical (unpaired) electrons. The number of hydrogen-bond donors (Lipinski definition) is 2. The molecule has 114 heavy (non-hydrogen) atoms. The van der Waals surface area contributed by atoms with Gasteiger partial charge in [0.2, 0.25) is 0 Å². The van der Waals surface area contributed by atoms with Gasteiger partial charge in [0.15, 0.2) is 0 Å². The summed E-state index contributed by atoms with van der Waals surface area (Å²) in [6.45, 7) is 56.2. The zero-order valence-corrected chi connectivity index (χ0v) is 78.0. The molecule has 1 heterocycles. The second-order valence-electron chi connectivity index (χ2n) is 37.6. The third-order valence-electron chi connectivity index (χ3n) is 20.5. The molecule has 0 bridgehead atoms. The number of rotatable bonds is 48. The first-order valence-electron chi connectivity index (χ1n) is 43.7. The van der Waals surface area contributed by atoms with Gasteiger partial charge in [-0.15, -0.1) is 0 Å². The van der Waals surface area contributed by atoms with Crippen molar-refractivity contribution < 1.29 is 55.6 Å². The molecular formula is C96H152N3O12P3. The molecule has 7 rings (SSSR count). The second kappa shape index (κ2) is 42.5. The maximum absolute atomic E-state index is 8.32. The molecule has 638 valence electrons. The van der Waals surface area contributed by atoms with Crippen molar-refractivity contribution in [3.63, 3.8) is 0 Å². The molecule has 1 aliphatic heterocycles. The Labute approximate surface area is 693 Å². The number of hydrogen-bond acceptors (Lipinski definition) is 15. The minimum atomic E-state index is -6.10. The fraction of sp³-hybridized carbons (Fsp3) is 0.625. The molecule has 0 aromatic heterocycles. The van der Waals surface area contributed by atoms with Gasteiger partial charge in [0.1, 0.15) is 0 Å². The van der Waals surface area contributed by atoms with Gasteiger partial charge in [-0.1, -0.05) is 0 Å². The second-order valence-corrected chi connectivity index (χ2v) is 44.6. The van der Waals surface area contributed by atoms with E-state index in [0.29, 0.717) is 74.1 Å². The van der Waals surface area contributed by atoms with Crippen LogP contribution in [0.4, 0.5) is 0 Å². The van der Waals surface area contributed by atoms with E-state index in [2.05, 4.69) is 194 Å². The molecule has 15 nitrogen and oxygen atoms in total. The van der Waals surface area contributed by atoms with Crippen molar-refractivity contribution in [3.8, 4) is 69.0 Å². The van der Waals surface area contributed by atoms with Crippen LogP contribution < -0.4 is 65.3 Å². The Kier molecular flexibility index (Phi) is 35.4. The number of nitrogens with one attached hydrogen (secondary N) is 2. The molecule has 0 fully saturated rings. The van der Waals surface area contributed by atoms with Gasteiger partial charge in [0.25, 0.3) is 0 Å². The van der Waals surface area contributed by atoms with Crippen molar-refractivity contribution in [2.75, 3.05) is 39.6 Å². The van der Waals surface area contributed by atoms with Crippen LogP contribution in [0.15, 0.2) is 114 Å². The fourth-order valence-corrected chi connectivity index (χ4v) is 24.2. The first-order chi connectivity index (χ1) is 53.8. The Bertz CT molecular complexity index is 3590. The minimum absolute atomic E-state index is 0.111. The summed E-state index contributed by atoms with van der Waals surface area (Å²) in [5, 5.41) is 0. The van der Waals surface area contributed by atoms with Crippen LogP contribution in [-0.2, 0) is 32.5 Å². The SMILES string of the molecule is CCCCCCOc1ccc(OP2(Oc3ccc(OCCCCCC)c(C(C)(C)C)c3)(Oc3ccc(OCCCCCC)c(C(C)(C)C)c3)N=PNP(Oc3ccc(OCCCCCC)c(C(C)(C)C)c3)(Oc3ccc(OCCCCCC)c(C(C)(C)C)c3)(Oc3ccc(OCCCCCC)c(C(C)(C)C)c3)N2)cc1C(C)(C)C. The zero-order chi connectivity index (χ0) is 83.5. The standard InChI is InChI=1S/C96H152N3O12P3/c1-25-31-37-43-61-100-85-55-49-73(67-79(85)91(7,8)9)106-113(107-74-50-56-86(80(68-74)92(10,11)12)101-62-44-38-32-26-2,108-75-51-57-87(81(69-75)93(13,14)15)102-63-45-39-33-27-3)97-112-98-114(99-113,109-76-52-58-88(82(70-76)94(16,17)18)103-64-46-40-34-28-4,110-77-53-59-89(83(71-77)95(19,20)21)104-65-47-41-35-29-5)111-78-54-60-90(84(72-78)96(22,23)24)105-66-48-42-36-30-6/h49-60,67-72,99H,25-48,61-66H2,1-24H3,(H,97,98). The van der Waals surface area contributed by atoms with Crippen LogP contribution in [0.3, 0.4) is 0 Å². The van der Waals surface area contributed by atoms with Crippen LogP contribution >= 0.6 is 23.7 Å². The van der Waals surface area contributed by atoms with E-state index in [1.54, 1.807) is 0 Å². The predicted molar refractivity (Wildman–Crippen MR) is 482 cm³/mol. The van der Waals surface area contributed by atoms with Gasteiger partial charge >= 0.3 is 697 Å². The van der Waals surface area contributed by atoms with E-state index in [0.717, 1.165) is 222 Å². The third-order valence-corrected chi connectivity index (χ3v) is 29.7. The van der Waals surface area contributed by atoms with Gasteiger partial charge in [0, 0.05) is 0 Å². The Morgan fingerprint density at radius 3 is 0.614 bits per heavy atom. The molecule has 1 aliphatic rings. The van der Waals surface area contributed by atoms with Gasteiger partial charge in [-0.05, 0) is 0 Å². The summed E-state index contributed by atoms with van der Waals surface area (Å²) in [7, 11) is -12.0. The number of unbranched alkanes of at least 4 members (excludes halogenated alkanes) is 18. The number of benzene rings is 6. The quantitative estimate of drug-likeness (QED) is 0.0276. The summed E-state index contributed by atoms with van der Waals surface area (Å²) in [5.74, 6) is 6.66. The molecule has 0 atom stereocenters. The van der Waals surface area contributed by atoms with Crippen molar-refractivity contribution in [2.24, 2.45) is 4.52 Å². The average molecular weight is 1630 g/mol. The Morgan fingerprint density at radius 2 is 0.439 bits per heavy atom. The molecule has 2 N–H and O–H groups in total. The van der Waals surface area contributed by atoms with Crippen LogP contribution in [0.5, 0.6) is 69.0 Å². The van der Waals surface area contributed by atoms with Gasteiger partial charge in [-0.3, -0.25) is 0 Å². The van der Waals surface area contributed by atoms with Gasteiger partial charge < -0.3 is 0 Å². The van der Waals surface area contributed by atoms with Crippen molar-refractivity contribution in [3.05, 3.63) is 143 Å². The Morgan fingerprint density at radius 1 is 0.254 bits per heavy atom. The third kappa shape index (κ3) is 28.0. The maximum atomic E-state index is 8.32. The Hall–Kier alpha value is -6.20.